The van der Waals surface area contributed by atoms with Crippen LogP contribution in [0.4, 0.5) is 0 Å². The zero-order valence-corrected chi connectivity index (χ0v) is 6.60. The van der Waals surface area contributed by atoms with Gasteiger partial charge in [-0.25, -0.2) is 0 Å². The van der Waals surface area contributed by atoms with Crippen LogP contribution in [0.2, 0.25) is 0 Å². The first kappa shape index (κ1) is 8.64. The predicted octanol–water partition coefficient (Wildman–Crippen LogP) is 0.995. The van der Waals surface area contributed by atoms with Gasteiger partial charge in [-0.2, -0.15) is 4.79 Å². The lowest BCUT2D eigenvalue weighted by Gasteiger charge is -2.01. The van der Waals surface area contributed by atoms with Crippen molar-refractivity contribution in [1.29, 1.82) is 0 Å². The van der Waals surface area contributed by atoms with Gasteiger partial charge in [0.2, 0.25) is 0 Å². The Balaban J connectivity index is 3.06. The van der Waals surface area contributed by atoms with E-state index in [1.807, 2.05) is 0 Å². The first-order valence-corrected chi connectivity index (χ1v) is 3.44. The summed E-state index contributed by atoms with van der Waals surface area (Å²) in [6.45, 7) is 0. The molecule has 1 unspecified atom stereocenters. The molecule has 12 heavy (non-hydrogen) atoms. The Morgan fingerprint density at radius 2 is 2.33 bits per heavy atom. The summed E-state index contributed by atoms with van der Waals surface area (Å²) in [6, 6.07) is -1.15. The van der Waals surface area contributed by atoms with E-state index in [0.29, 0.717) is 0 Å². The molecule has 0 fully saturated rings. The van der Waals surface area contributed by atoms with E-state index in [1.54, 1.807) is 0 Å². The molecule has 1 aliphatic carbocycles. The number of hydrogen-bond donors (Lipinski definition) is 0. The third kappa shape index (κ3) is 1.58. The Bertz CT molecular complexity index is 328. The van der Waals surface area contributed by atoms with E-state index in [1.165, 1.54) is 18.2 Å². The van der Waals surface area contributed by atoms with Crippen molar-refractivity contribution in [2.45, 2.75) is 6.04 Å². The first-order chi connectivity index (χ1) is 5.65. The predicted molar refractivity (Wildman–Crippen MR) is 42.5 cm³/mol. The topological polar surface area (TPSA) is 79.5 Å². The lowest BCUT2D eigenvalue weighted by Crippen LogP contribution is -2.28. The van der Waals surface area contributed by atoms with Gasteiger partial charge in [0.25, 0.3) is 0 Å². The fraction of sp³-hybridized carbons (Fsp3) is 0.167. The van der Waals surface area contributed by atoms with Crippen molar-refractivity contribution >= 4 is 17.3 Å². The molecule has 0 aromatic heterocycles. The SMILES string of the molecule is [N-]=[N+]=C1C=CC(Cl)=CC1[N+](=O)[O-]. The highest BCUT2D eigenvalue weighted by Crippen LogP contribution is 2.13. The number of hydrogen-bond acceptors (Lipinski definition) is 2. The Morgan fingerprint density at radius 1 is 1.67 bits per heavy atom. The van der Waals surface area contributed by atoms with Crippen LogP contribution in [0.15, 0.2) is 23.3 Å². The fourth-order valence-corrected chi connectivity index (χ4v) is 0.999. The van der Waals surface area contributed by atoms with Crippen LogP contribution < -0.4 is 0 Å². The third-order valence-corrected chi connectivity index (χ3v) is 1.63. The van der Waals surface area contributed by atoms with Gasteiger partial charge in [0.1, 0.15) is 0 Å². The number of nitrogens with zero attached hydrogens (tertiary/aromatic N) is 3. The summed E-state index contributed by atoms with van der Waals surface area (Å²) >= 11 is 5.51. The molecule has 0 aliphatic heterocycles. The quantitative estimate of drug-likeness (QED) is 0.264. The van der Waals surface area contributed by atoms with E-state index in [0.717, 1.165) is 0 Å². The molecule has 0 saturated carbocycles. The van der Waals surface area contributed by atoms with Gasteiger partial charge in [0, 0.05) is 22.1 Å². The van der Waals surface area contributed by atoms with Crippen molar-refractivity contribution < 1.29 is 9.71 Å². The standard InChI is InChI=1S/C6H4ClN3O2/c7-4-1-2-5(9-8)6(3-4)10(11)12/h1-3,6H. The summed E-state index contributed by atoms with van der Waals surface area (Å²) in [5.74, 6) is 0. The van der Waals surface area contributed by atoms with Crippen LogP contribution in [0, 0.1) is 10.1 Å². The Morgan fingerprint density at radius 3 is 2.83 bits per heavy atom. The zero-order chi connectivity index (χ0) is 9.14. The monoisotopic (exact) mass is 185 g/mol. The minimum absolute atomic E-state index is 0.0237. The third-order valence-electron chi connectivity index (χ3n) is 1.38. The molecule has 0 spiro atoms. The average Bonchev–Trinajstić information content (AvgIpc) is 2.04. The molecule has 1 aliphatic rings. The van der Waals surface area contributed by atoms with Crippen molar-refractivity contribution in [2.24, 2.45) is 0 Å². The summed E-state index contributed by atoms with van der Waals surface area (Å²) < 4.78 is 0. The normalized spacial score (nSPS) is 21.6. The summed E-state index contributed by atoms with van der Waals surface area (Å²) in [5, 5.41) is 10.6. The summed E-state index contributed by atoms with van der Waals surface area (Å²) in [6.07, 6.45) is 3.93. The molecule has 0 saturated heterocycles. The maximum absolute atomic E-state index is 10.3. The van der Waals surface area contributed by atoms with E-state index >= 15 is 0 Å². The van der Waals surface area contributed by atoms with Gasteiger partial charge >= 0.3 is 11.8 Å². The molecule has 0 bridgehead atoms. The first-order valence-electron chi connectivity index (χ1n) is 3.06. The molecule has 1 rings (SSSR count). The van der Waals surface area contributed by atoms with Gasteiger partial charge in [-0.1, -0.05) is 11.6 Å². The second-order valence-corrected chi connectivity index (χ2v) is 2.58. The van der Waals surface area contributed by atoms with Crippen LogP contribution in [0.3, 0.4) is 0 Å². The van der Waals surface area contributed by atoms with Gasteiger partial charge in [0.05, 0.1) is 0 Å². The second-order valence-electron chi connectivity index (χ2n) is 2.14. The molecule has 1 atom stereocenters. The molecule has 0 N–H and O–H groups in total. The van der Waals surface area contributed by atoms with E-state index in [2.05, 4.69) is 4.79 Å². The lowest BCUT2D eigenvalue weighted by atomic mass is 10.1. The smallest absolute Gasteiger partial charge is 0.361 e. The highest BCUT2D eigenvalue weighted by atomic mass is 35.5. The maximum atomic E-state index is 10.3. The van der Waals surface area contributed by atoms with Gasteiger partial charge in [-0.05, 0) is 6.08 Å². The molecule has 0 radical (unpaired) electrons. The molecule has 0 aromatic rings. The minimum Gasteiger partial charge on any atom is -0.361 e. The Kier molecular flexibility index (Phi) is 2.38. The van der Waals surface area contributed by atoms with Crippen molar-refractivity contribution in [3.8, 4) is 0 Å². The summed E-state index contributed by atoms with van der Waals surface area (Å²) in [4.78, 5) is 12.5. The number of allylic oxidation sites excluding steroid dienone is 2. The molecular formula is C6H4ClN3O2. The van der Waals surface area contributed by atoms with E-state index in [-0.39, 0.29) is 10.7 Å². The van der Waals surface area contributed by atoms with Crippen LogP contribution in [0.25, 0.3) is 5.53 Å². The van der Waals surface area contributed by atoms with Crippen molar-refractivity contribution in [3.63, 3.8) is 0 Å². The van der Waals surface area contributed by atoms with E-state index in [4.69, 9.17) is 17.1 Å². The number of halogens is 1. The summed E-state index contributed by atoms with van der Waals surface area (Å²) in [7, 11) is 0. The van der Waals surface area contributed by atoms with E-state index < -0.39 is 11.0 Å². The van der Waals surface area contributed by atoms with Gasteiger partial charge < -0.3 is 5.53 Å². The van der Waals surface area contributed by atoms with Crippen LogP contribution in [-0.4, -0.2) is 21.5 Å². The fourth-order valence-electron chi connectivity index (χ4n) is 0.817. The molecule has 0 heterocycles. The maximum Gasteiger partial charge on any atom is 0.369 e. The zero-order valence-electron chi connectivity index (χ0n) is 5.85. The minimum atomic E-state index is -1.15. The highest BCUT2D eigenvalue weighted by molar-refractivity contribution is 6.32. The lowest BCUT2D eigenvalue weighted by molar-refractivity contribution is -0.493. The molecular weight excluding hydrogens is 182 g/mol. The molecule has 6 heteroatoms. The second kappa shape index (κ2) is 3.30. The van der Waals surface area contributed by atoms with Crippen molar-refractivity contribution in [2.75, 3.05) is 0 Å². The van der Waals surface area contributed by atoms with Gasteiger partial charge in [-0.3, -0.25) is 10.1 Å². The van der Waals surface area contributed by atoms with Crippen LogP contribution >= 0.6 is 11.6 Å². The van der Waals surface area contributed by atoms with Gasteiger partial charge in [-0.15, -0.1) is 0 Å². The van der Waals surface area contributed by atoms with Crippen molar-refractivity contribution in [1.82, 2.24) is 0 Å². The Labute approximate surface area is 72.7 Å². The largest absolute Gasteiger partial charge is 0.369 e. The number of nitro groups is 1. The molecule has 5 nitrogen and oxygen atoms in total. The van der Waals surface area contributed by atoms with Crippen molar-refractivity contribution in [3.05, 3.63) is 38.9 Å². The Hall–Kier alpha value is -1.45. The highest BCUT2D eigenvalue weighted by Gasteiger charge is 2.32. The van der Waals surface area contributed by atoms with Gasteiger partial charge in [0.15, 0.2) is 0 Å². The average molecular weight is 186 g/mol. The molecule has 62 valence electrons. The summed E-state index contributed by atoms with van der Waals surface area (Å²) in [5.41, 5.74) is 8.33. The van der Waals surface area contributed by atoms with Crippen LogP contribution in [0.1, 0.15) is 0 Å². The molecule has 0 amide bonds. The van der Waals surface area contributed by atoms with E-state index in [9.17, 15) is 10.1 Å². The molecule has 0 aromatic carbocycles. The van der Waals surface area contributed by atoms with Crippen LogP contribution in [0.5, 0.6) is 0 Å². The number of rotatable bonds is 1. The van der Waals surface area contributed by atoms with Crippen LogP contribution in [-0.2, 0) is 0 Å².